The summed E-state index contributed by atoms with van der Waals surface area (Å²) in [6.07, 6.45) is 6.47. The molecular formula is C23H26Cl3N3O2. The molecule has 0 unspecified atom stereocenters. The minimum Gasteiger partial charge on any atom is -0.454 e. The number of benzene rings is 2. The molecule has 1 saturated carbocycles. The van der Waals surface area contributed by atoms with Gasteiger partial charge in [0.05, 0.1) is 5.52 Å². The summed E-state index contributed by atoms with van der Waals surface area (Å²) in [4.78, 5) is 4.43. The molecule has 1 fully saturated rings. The standard InChI is InChI=1S/C23H24ClN3O2.2ClH/c24-16-2-7-19-20(9-10-25-21(19)12-16)27-18-5-3-17(4-6-18)26-13-15-1-8-22-23(11-15)29-14-28-22;;/h1-2,7-12,17-18,26H,3-6,13-14H2,(H,25,27);2*1H. The van der Waals surface area contributed by atoms with E-state index in [4.69, 9.17) is 21.1 Å². The van der Waals surface area contributed by atoms with Gasteiger partial charge in [0.1, 0.15) is 0 Å². The Bertz CT molecular complexity index is 1030. The van der Waals surface area contributed by atoms with Crippen molar-refractivity contribution in [3.05, 3.63) is 59.2 Å². The summed E-state index contributed by atoms with van der Waals surface area (Å²) in [5, 5.41) is 9.27. The number of aromatic nitrogens is 1. The molecule has 0 spiro atoms. The molecule has 1 aliphatic carbocycles. The van der Waals surface area contributed by atoms with Gasteiger partial charge in [-0.2, -0.15) is 0 Å². The third kappa shape index (κ3) is 5.47. The molecule has 31 heavy (non-hydrogen) atoms. The van der Waals surface area contributed by atoms with Crippen molar-refractivity contribution in [3.63, 3.8) is 0 Å². The van der Waals surface area contributed by atoms with Gasteiger partial charge in [-0.25, -0.2) is 0 Å². The van der Waals surface area contributed by atoms with Gasteiger partial charge in [0, 0.05) is 40.9 Å². The number of fused-ring (bicyclic) bond motifs is 2. The van der Waals surface area contributed by atoms with Gasteiger partial charge >= 0.3 is 0 Å². The second-order valence-corrected chi connectivity index (χ2v) is 8.22. The van der Waals surface area contributed by atoms with Gasteiger partial charge in [0.25, 0.3) is 0 Å². The van der Waals surface area contributed by atoms with E-state index < -0.39 is 0 Å². The molecule has 3 aromatic rings. The van der Waals surface area contributed by atoms with E-state index in [0.717, 1.165) is 65.3 Å². The molecule has 8 heteroatoms. The van der Waals surface area contributed by atoms with Crippen LogP contribution >= 0.6 is 36.4 Å². The van der Waals surface area contributed by atoms with Crippen molar-refractivity contribution in [1.82, 2.24) is 10.3 Å². The van der Waals surface area contributed by atoms with Crippen LogP contribution in [0, 0.1) is 0 Å². The predicted octanol–water partition coefficient (Wildman–Crippen LogP) is 5.97. The lowest BCUT2D eigenvalue weighted by Crippen LogP contribution is -2.36. The largest absolute Gasteiger partial charge is 0.454 e. The highest BCUT2D eigenvalue weighted by atomic mass is 35.5. The number of pyridine rings is 1. The third-order valence-corrected chi connectivity index (χ3v) is 6.06. The molecule has 0 amide bonds. The maximum absolute atomic E-state index is 6.10. The molecule has 2 aliphatic rings. The van der Waals surface area contributed by atoms with E-state index in [9.17, 15) is 0 Å². The minimum absolute atomic E-state index is 0. The van der Waals surface area contributed by atoms with E-state index in [1.807, 2.05) is 30.5 Å². The Labute approximate surface area is 199 Å². The van der Waals surface area contributed by atoms with Gasteiger partial charge in [-0.15, -0.1) is 24.8 Å². The van der Waals surface area contributed by atoms with Crippen molar-refractivity contribution in [2.24, 2.45) is 0 Å². The van der Waals surface area contributed by atoms with Gasteiger partial charge in [-0.3, -0.25) is 4.98 Å². The van der Waals surface area contributed by atoms with Crippen molar-refractivity contribution in [1.29, 1.82) is 0 Å². The zero-order chi connectivity index (χ0) is 19.6. The molecule has 0 radical (unpaired) electrons. The highest BCUT2D eigenvalue weighted by Crippen LogP contribution is 2.33. The zero-order valence-corrected chi connectivity index (χ0v) is 19.4. The minimum atomic E-state index is 0. The second-order valence-electron chi connectivity index (χ2n) is 7.78. The molecule has 2 N–H and O–H groups in total. The second kappa shape index (κ2) is 10.6. The maximum atomic E-state index is 6.10. The van der Waals surface area contributed by atoms with Gasteiger partial charge in [0.15, 0.2) is 11.5 Å². The third-order valence-electron chi connectivity index (χ3n) is 5.82. The van der Waals surface area contributed by atoms with Crippen molar-refractivity contribution in [3.8, 4) is 11.5 Å². The lowest BCUT2D eigenvalue weighted by Gasteiger charge is -2.30. The fourth-order valence-electron chi connectivity index (χ4n) is 4.22. The SMILES string of the molecule is Cl.Cl.Clc1ccc2c(NC3CCC(NCc4ccc5c(c4)OCO5)CC3)ccnc2c1. The van der Waals surface area contributed by atoms with Crippen LogP contribution in [-0.2, 0) is 6.54 Å². The Morgan fingerprint density at radius 3 is 2.52 bits per heavy atom. The Morgan fingerprint density at radius 2 is 1.68 bits per heavy atom. The van der Waals surface area contributed by atoms with E-state index in [2.05, 4.69) is 33.8 Å². The van der Waals surface area contributed by atoms with Crippen LogP contribution in [0.3, 0.4) is 0 Å². The first-order chi connectivity index (χ1) is 14.2. The number of rotatable bonds is 5. The summed E-state index contributed by atoms with van der Waals surface area (Å²) in [7, 11) is 0. The van der Waals surface area contributed by atoms with Gasteiger partial charge in [0.2, 0.25) is 6.79 Å². The Kier molecular flexibility index (Phi) is 8.11. The molecule has 2 aromatic carbocycles. The lowest BCUT2D eigenvalue weighted by atomic mass is 9.90. The summed E-state index contributed by atoms with van der Waals surface area (Å²) < 4.78 is 10.8. The monoisotopic (exact) mass is 481 g/mol. The number of hydrogen-bond donors (Lipinski definition) is 2. The topological polar surface area (TPSA) is 55.4 Å². The van der Waals surface area contributed by atoms with Crippen LogP contribution in [0.2, 0.25) is 5.02 Å². The van der Waals surface area contributed by atoms with E-state index in [1.54, 1.807) is 0 Å². The van der Waals surface area contributed by atoms with Gasteiger partial charge in [-0.05, 0) is 67.6 Å². The van der Waals surface area contributed by atoms with E-state index in [-0.39, 0.29) is 24.8 Å². The van der Waals surface area contributed by atoms with Crippen molar-refractivity contribution >= 4 is 53.0 Å². The van der Waals surface area contributed by atoms with E-state index in [1.165, 1.54) is 5.56 Å². The first-order valence-electron chi connectivity index (χ1n) is 10.2. The highest BCUT2D eigenvalue weighted by Gasteiger charge is 2.21. The number of ether oxygens (including phenoxy) is 2. The number of halogens is 3. The summed E-state index contributed by atoms with van der Waals surface area (Å²) in [6, 6.07) is 15.1. The summed E-state index contributed by atoms with van der Waals surface area (Å²) in [6.45, 7) is 1.18. The molecule has 2 heterocycles. The van der Waals surface area contributed by atoms with Crippen LogP contribution in [0.4, 0.5) is 5.69 Å². The van der Waals surface area contributed by atoms with Crippen molar-refractivity contribution in [2.75, 3.05) is 12.1 Å². The molecule has 5 nitrogen and oxygen atoms in total. The quantitative estimate of drug-likeness (QED) is 0.469. The summed E-state index contributed by atoms with van der Waals surface area (Å²) >= 11 is 6.10. The first kappa shape index (κ1) is 23.7. The molecule has 166 valence electrons. The number of nitrogens with zero attached hydrogens (tertiary/aromatic N) is 1. The first-order valence-corrected chi connectivity index (χ1v) is 10.5. The predicted molar refractivity (Wildman–Crippen MR) is 130 cm³/mol. The van der Waals surface area contributed by atoms with E-state index in [0.29, 0.717) is 18.9 Å². The van der Waals surface area contributed by atoms with Crippen molar-refractivity contribution < 1.29 is 9.47 Å². The summed E-state index contributed by atoms with van der Waals surface area (Å²) in [5.41, 5.74) is 3.31. The van der Waals surface area contributed by atoms with Crippen LogP contribution in [0.1, 0.15) is 31.2 Å². The molecule has 1 aliphatic heterocycles. The Morgan fingerprint density at radius 1 is 0.903 bits per heavy atom. The van der Waals surface area contributed by atoms with E-state index >= 15 is 0 Å². The Balaban J connectivity index is 0.00000136. The van der Waals surface area contributed by atoms with Crippen LogP contribution < -0.4 is 20.1 Å². The van der Waals surface area contributed by atoms with Crippen LogP contribution in [-0.4, -0.2) is 23.9 Å². The lowest BCUT2D eigenvalue weighted by molar-refractivity contribution is 0.174. The molecular weight excluding hydrogens is 457 g/mol. The molecule has 0 bridgehead atoms. The fraction of sp³-hybridized carbons (Fsp3) is 0.348. The molecule has 5 rings (SSSR count). The van der Waals surface area contributed by atoms with Crippen LogP contribution in [0.5, 0.6) is 11.5 Å². The number of hydrogen-bond acceptors (Lipinski definition) is 5. The fourth-order valence-corrected chi connectivity index (χ4v) is 4.39. The smallest absolute Gasteiger partial charge is 0.231 e. The normalized spacial score (nSPS) is 19.4. The summed E-state index contributed by atoms with van der Waals surface area (Å²) in [5.74, 6) is 1.69. The van der Waals surface area contributed by atoms with Crippen LogP contribution in [0.15, 0.2) is 48.7 Å². The molecule has 0 atom stereocenters. The van der Waals surface area contributed by atoms with Crippen LogP contribution in [0.25, 0.3) is 10.9 Å². The van der Waals surface area contributed by atoms with Crippen molar-refractivity contribution in [2.45, 2.75) is 44.3 Å². The van der Waals surface area contributed by atoms with Gasteiger partial charge < -0.3 is 20.1 Å². The molecule has 0 saturated heterocycles. The van der Waals surface area contributed by atoms with Gasteiger partial charge in [-0.1, -0.05) is 17.7 Å². The average Bonchev–Trinajstić information content (AvgIpc) is 3.21. The Hall–Kier alpha value is -1.92. The molecule has 1 aromatic heterocycles. The zero-order valence-electron chi connectivity index (χ0n) is 17.0. The maximum Gasteiger partial charge on any atom is 0.231 e. The highest BCUT2D eigenvalue weighted by molar-refractivity contribution is 6.31. The number of anilines is 1. The number of nitrogens with one attached hydrogen (secondary N) is 2. The average molecular weight is 483 g/mol.